The summed E-state index contributed by atoms with van der Waals surface area (Å²) in [6, 6.07) is 9.91. The summed E-state index contributed by atoms with van der Waals surface area (Å²) in [6.07, 6.45) is 0.288. The van der Waals surface area contributed by atoms with Crippen molar-refractivity contribution in [2.24, 2.45) is 0 Å². The third-order valence-electron chi connectivity index (χ3n) is 4.92. The lowest BCUT2D eigenvalue weighted by molar-refractivity contribution is -0.394. The van der Waals surface area contributed by atoms with Crippen LogP contribution in [0.15, 0.2) is 42.5 Å². The van der Waals surface area contributed by atoms with Gasteiger partial charge in [0.1, 0.15) is 5.75 Å². The zero-order chi connectivity index (χ0) is 25.7. The molecule has 2 aromatic rings. The standard InChI is InChI=1S/C14H12N2O5S.C6H6Cl6/c17-13-3-1-10(2-4-13)14(22)7-9-5-11(15(18)19)8-12(6-9)16(20)21;7-1-2(8)4(10)6(12)5(11)3(1)9/h1-6,8,14,17,22H,7H2;1-6H/t;1-,2-,3-,4+,5+,6+. The van der Waals surface area contributed by atoms with Gasteiger partial charge in [0.25, 0.3) is 11.4 Å². The van der Waals surface area contributed by atoms with Gasteiger partial charge in [0.05, 0.1) is 48.2 Å². The number of nitro groups is 2. The van der Waals surface area contributed by atoms with Crippen LogP contribution in [0.2, 0.25) is 0 Å². The minimum atomic E-state index is -0.662. The molecule has 1 aliphatic carbocycles. The van der Waals surface area contributed by atoms with Crippen LogP contribution in [-0.2, 0) is 6.42 Å². The van der Waals surface area contributed by atoms with E-state index in [4.69, 9.17) is 69.6 Å². The first kappa shape index (κ1) is 29.4. The number of non-ortho nitro benzene ring substituents is 2. The Balaban J connectivity index is 0.000000287. The van der Waals surface area contributed by atoms with Gasteiger partial charge in [-0.2, -0.15) is 12.6 Å². The Hall–Kier alpha value is -0.870. The van der Waals surface area contributed by atoms with Crippen LogP contribution in [0.25, 0.3) is 0 Å². The van der Waals surface area contributed by atoms with Crippen LogP contribution in [0.4, 0.5) is 11.4 Å². The van der Waals surface area contributed by atoms with Crippen molar-refractivity contribution < 1.29 is 15.0 Å². The number of nitro benzene ring substituents is 2. The third-order valence-corrected chi connectivity index (χ3v) is 9.43. The highest BCUT2D eigenvalue weighted by Gasteiger charge is 2.46. The van der Waals surface area contributed by atoms with Gasteiger partial charge in [0.2, 0.25) is 0 Å². The first-order valence-corrected chi connectivity index (χ1v) is 12.7. The summed E-state index contributed by atoms with van der Waals surface area (Å²) < 4.78 is 0. The molecule has 0 spiro atoms. The van der Waals surface area contributed by atoms with Crippen LogP contribution >= 0.6 is 82.2 Å². The molecular weight excluding hydrogens is 593 g/mol. The van der Waals surface area contributed by atoms with E-state index in [1.54, 1.807) is 12.1 Å². The minimum Gasteiger partial charge on any atom is -0.508 e. The second-order valence-corrected chi connectivity index (χ2v) is 11.0. The average molecular weight is 611 g/mol. The zero-order valence-electron chi connectivity index (χ0n) is 17.0. The molecule has 3 rings (SSSR count). The molecule has 0 aliphatic heterocycles. The summed E-state index contributed by atoms with van der Waals surface area (Å²) in [4.78, 5) is 20.4. The van der Waals surface area contributed by atoms with E-state index in [-0.39, 0.29) is 28.8 Å². The summed E-state index contributed by atoms with van der Waals surface area (Å²) in [5, 5.41) is 28.0. The van der Waals surface area contributed by atoms with Crippen LogP contribution in [0.3, 0.4) is 0 Å². The van der Waals surface area contributed by atoms with Crippen LogP contribution in [0.5, 0.6) is 5.75 Å². The fraction of sp³-hybridized carbons (Fsp3) is 0.400. The van der Waals surface area contributed by atoms with Crippen molar-refractivity contribution in [2.75, 3.05) is 0 Å². The molecule has 186 valence electrons. The molecule has 1 N–H and O–H groups in total. The van der Waals surface area contributed by atoms with E-state index in [1.165, 1.54) is 24.3 Å². The number of phenols is 1. The number of phenolic OH excluding ortho intramolecular Hbond substituents is 1. The Kier molecular flexibility index (Phi) is 11.1. The summed E-state index contributed by atoms with van der Waals surface area (Å²) in [6.45, 7) is 0. The van der Waals surface area contributed by atoms with E-state index < -0.39 is 42.1 Å². The quantitative estimate of drug-likeness (QED) is 0.163. The number of benzene rings is 2. The fourth-order valence-electron chi connectivity index (χ4n) is 3.08. The van der Waals surface area contributed by atoms with E-state index >= 15 is 0 Å². The topological polar surface area (TPSA) is 107 Å². The molecule has 1 aliphatic rings. The number of halogens is 6. The third kappa shape index (κ3) is 7.56. The van der Waals surface area contributed by atoms with Gasteiger partial charge in [-0.1, -0.05) is 12.1 Å². The van der Waals surface area contributed by atoms with Crippen molar-refractivity contribution in [3.05, 3.63) is 73.8 Å². The van der Waals surface area contributed by atoms with Crippen molar-refractivity contribution in [1.29, 1.82) is 0 Å². The van der Waals surface area contributed by atoms with Gasteiger partial charge in [-0.15, -0.1) is 69.6 Å². The fourth-order valence-corrected chi connectivity index (χ4v) is 5.79. The second-order valence-electron chi connectivity index (χ2n) is 7.35. The lowest BCUT2D eigenvalue weighted by atomic mass is 9.97. The van der Waals surface area contributed by atoms with E-state index in [9.17, 15) is 25.3 Å². The minimum absolute atomic E-state index is 0.121. The van der Waals surface area contributed by atoms with Gasteiger partial charge >= 0.3 is 0 Å². The largest absolute Gasteiger partial charge is 0.508 e. The maximum Gasteiger partial charge on any atom is 0.276 e. The summed E-state index contributed by atoms with van der Waals surface area (Å²) in [5.41, 5.74) is 0.607. The molecule has 1 saturated carbocycles. The molecule has 0 saturated heterocycles. The van der Waals surface area contributed by atoms with Gasteiger partial charge < -0.3 is 5.11 Å². The van der Waals surface area contributed by atoms with Gasteiger partial charge in [-0.05, 0) is 29.7 Å². The first-order chi connectivity index (χ1) is 15.8. The summed E-state index contributed by atoms with van der Waals surface area (Å²) in [5.74, 6) is 0.121. The van der Waals surface area contributed by atoms with Gasteiger partial charge in [0.15, 0.2) is 0 Å². The molecule has 14 heteroatoms. The van der Waals surface area contributed by atoms with Crippen molar-refractivity contribution in [2.45, 2.75) is 43.9 Å². The molecule has 1 unspecified atom stereocenters. The molecular formula is C20H18Cl6N2O5S. The SMILES string of the molecule is Cl[C@H]1[C@H](Cl)[C@@H](Cl)[C@@H](Cl)[C@H](Cl)[C@H]1Cl.O=[N+]([O-])c1cc(CC(S)c2ccc(O)cc2)cc([N+](=O)[O-])c1. The lowest BCUT2D eigenvalue weighted by Gasteiger charge is -2.37. The Morgan fingerprint density at radius 2 is 1.12 bits per heavy atom. The predicted octanol–water partition coefficient (Wildman–Crippen LogP) is 7.07. The van der Waals surface area contributed by atoms with Gasteiger partial charge in [0, 0.05) is 17.4 Å². The normalized spacial score (nSPS) is 27.3. The Morgan fingerprint density at radius 1 is 0.765 bits per heavy atom. The smallest absolute Gasteiger partial charge is 0.276 e. The van der Waals surface area contributed by atoms with E-state index in [0.717, 1.165) is 11.6 Å². The van der Waals surface area contributed by atoms with Crippen LogP contribution in [-0.4, -0.2) is 47.2 Å². The average Bonchev–Trinajstić information content (AvgIpc) is 2.80. The van der Waals surface area contributed by atoms with Crippen LogP contribution in [0.1, 0.15) is 16.4 Å². The maximum absolute atomic E-state index is 10.9. The summed E-state index contributed by atoms with van der Waals surface area (Å²) >= 11 is 39.7. The molecule has 0 heterocycles. The number of alkyl halides is 6. The number of nitrogens with zero attached hydrogens (tertiary/aromatic N) is 2. The molecule has 7 nitrogen and oxygen atoms in total. The second kappa shape index (κ2) is 12.9. The number of rotatable bonds is 5. The number of thiol groups is 1. The Labute approximate surface area is 230 Å². The molecule has 2 aromatic carbocycles. The molecule has 0 amide bonds. The highest BCUT2D eigenvalue weighted by molar-refractivity contribution is 7.80. The molecule has 34 heavy (non-hydrogen) atoms. The maximum atomic E-state index is 10.9. The van der Waals surface area contributed by atoms with Crippen molar-refractivity contribution >= 4 is 93.6 Å². The van der Waals surface area contributed by atoms with Crippen LogP contribution < -0.4 is 0 Å². The summed E-state index contributed by atoms with van der Waals surface area (Å²) in [7, 11) is 0. The molecule has 0 aromatic heterocycles. The highest BCUT2D eigenvalue weighted by atomic mass is 35.5. The molecule has 1 fully saturated rings. The Bertz CT molecular complexity index is 927. The molecule has 0 bridgehead atoms. The van der Waals surface area contributed by atoms with Gasteiger partial charge in [-0.25, -0.2) is 0 Å². The zero-order valence-corrected chi connectivity index (χ0v) is 22.4. The van der Waals surface area contributed by atoms with E-state index in [0.29, 0.717) is 5.56 Å². The van der Waals surface area contributed by atoms with E-state index in [1.807, 2.05) is 0 Å². The van der Waals surface area contributed by atoms with Crippen molar-refractivity contribution in [3.63, 3.8) is 0 Å². The van der Waals surface area contributed by atoms with Gasteiger partial charge in [-0.3, -0.25) is 20.2 Å². The number of aromatic hydroxyl groups is 1. The first-order valence-electron chi connectivity index (χ1n) is 9.57. The highest BCUT2D eigenvalue weighted by Crippen LogP contribution is 2.39. The Morgan fingerprint density at radius 3 is 1.44 bits per heavy atom. The predicted molar refractivity (Wildman–Crippen MR) is 141 cm³/mol. The molecule has 0 radical (unpaired) electrons. The number of hydrogen-bond donors (Lipinski definition) is 2. The lowest BCUT2D eigenvalue weighted by Crippen LogP contribution is -2.52. The number of hydrogen-bond acceptors (Lipinski definition) is 6. The molecule has 1 atom stereocenters. The van der Waals surface area contributed by atoms with Crippen molar-refractivity contribution in [3.8, 4) is 5.75 Å². The van der Waals surface area contributed by atoms with Crippen molar-refractivity contribution in [1.82, 2.24) is 0 Å². The monoisotopic (exact) mass is 608 g/mol. The van der Waals surface area contributed by atoms with E-state index in [2.05, 4.69) is 12.6 Å². The van der Waals surface area contributed by atoms with Crippen LogP contribution in [0, 0.1) is 20.2 Å².